The van der Waals surface area contributed by atoms with Crippen molar-refractivity contribution < 1.29 is 23.4 Å². The van der Waals surface area contributed by atoms with E-state index in [-0.39, 0.29) is 30.5 Å². The maximum Gasteiger partial charge on any atom is 0.260 e. The van der Waals surface area contributed by atoms with Gasteiger partial charge in [0.2, 0.25) is 18.0 Å². The highest BCUT2D eigenvalue weighted by Crippen LogP contribution is 2.32. The van der Waals surface area contributed by atoms with Crippen molar-refractivity contribution in [3.63, 3.8) is 0 Å². The first-order chi connectivity index (χ1) is 13.6. The molecule has 1 saturated heterocycles. The molecule has 1 aromatic carbocycles. The molecule has 2 aliphatic heterocycles. The van der Waals surface area contributed by atoms with Gasteiger partial charge in [0.15, 0.2) is 18.1 Å². The molecule has 1 amide bonds. The molecule has 0 radical (unpaired) electrons. The van der Waals surface area contributed by atoms with E-state index in [0.29, 0.717) is 18.8 Å². The lowest BCUT2D eigenvalue weighted by Crippen LogP contribution is -2.49. The van der Waals surface area contributed by atoms with E-state index in [4.69, 9.17) is 18.6 Å². The van der Waals surface area contributed by atoms with Gasteiger partial charge in [-0.15, -0.1) is 0 Å². The summed E-state index contributed by atoms with van der Waals surface area (Å²) in [5, 5.41) is 0. The van der Waals surface area contributed by atoms with Crippen LogP contribution in [0.4, 0.5) is 0 Å². The van der Waals surface area contributed by atoms with E-state index < -0.39 is 0 Å². The fourth-order valence-electron chi connectivity index (χ4n) is 3.28. The normalized spacial score (nSPS) is 16.2. The molecular weight excluding hydrogens is 364 g/mol. The van der Waals surface area contributed by atoms with Crippen molar-refractivity contribution in [2.45, 2.75) is 13.5 Å². The third kappa shape index (κ3) is 4.12. The molecule has 2 aromatic rings. The fraction of sp³-hybridized carbons (Fsp3) is 0.400. The highest BCUT2D eigenvalue weighted by atomic mass is 16.7. The van der Waals surface area contributed by atoms with Crippen LogP contribution in [0.1, 0.15) is 11.3 Å². The molecule has 0 aliphatic carbocycles. The number of benzene rings is 1. The van der Waals surface area contributed by atoms with Crippen LogP contribution in [0.25, 0.3) is 0 Å². The minimum Gasteiger partial charge on any atom is -0.477 e. The number of piperazine rings is 1. The second-order valence-electron chi connectivity index (χ2n) is 6.85. The Balaban J connectivity index is 1.25. The predicted molar refractivity (Wildman–Crippen MR) is 99.6 cm³/mol. The monoisotopic (exact) mass is 386 g/mol. The summed E-state index contributed by atoms with van der Waals surface area (Å²) >= 11 is 0. The summed E-state index contributed by atoms with van der Waals surface area (Å²) in [7, 11) is 0. The number of fused-ring (bicyclic) bond motifs is 1. The molecule has 8 heteroatoms. The number of aryl methyl sites for hydroxylation is 1. The molecule has 3 heterocycles. The van der Waals surface area contributed by atoms with Gasteiger partial charge in [-0.05, 0) is 24.6 Å². The van der Waals surface area contributed by atoms with Gasteiger partial charge in [-0.3, -0.25) is 14.5 Å². The molecule has 0 N–H and O–H groups in total. The average Bonchev–Trinajstić information content (AvgIpc) is 3.15. The minimum absolute atomic E-state index is 0.0559. The highest BCUT2D eigenvalue weighted by Gasteiger charge is 2.22. The first kappa shape index (κ1) is 18.4. The van der Waals surface area contributed by atoms with Gasteiger partial charge in [0.25, 0.3) is 5.91 Å². The van der Waals surface area contributed by atoms with Crippen LogP contribution in [0.3, 0.4) is 0 Å². The predicted octanol–water partition coefficient (Wildman–Crippen LogP) is 1.40. The third-order valence-corrected chi connectivity index (χ3v) is 4.85. The number of carbonyl (C=O) groups is 1. The second kappa shape index (κ2) is 7.93. The molecule has 8 nitrogen and oxygen atoms in total. The van der Waals surface area contributed by atoms with Crippen molar-refractivity contribution in [3.8, 4) is 17.2 Å². The van der Waals surface area contributed by atoms with Gasteiger partial charge in [-0.1, -0.05) is 6.07 Å². The Bertz CT molecular complexity index is 917. The number of hydrogen-bond acceptors (Lipinski definition) is 7. The summed E-state index contributed by atoms with van der Waals surface area (Å²) in [6.45, 7) is 5.35. The lowest BCUT2D eigenvalue weighted by atomic mass is 10.1. The zero-order valence-electron chi connectivity index (χ0n) is 15.7. The molecule has 0 spiro atoms. The van der Waals surface area contributed by atoms with Crippen LogP contribution in [-0.2, 0) is 11.3 Å². The van der Waals surface area contributed by atoms with E-state index in [1.807, 2.05) is 18.2 Å². The fourth-order valence-corrected chi connectivity index (χ4v) is 3.28. The van der Waals surface area contributed by atoms with Crippen LogP contribution in [0.15, 0.2) is 39.7 Å². The number of amides is 1. The molecular formula is C20H22N2O6. The molecule has 4 rings (SSSR count). The molecule has 1 fully saturated rings. The van der Waals surface area contributed by atoms with Crippen LogP contribution in [-0.4, -0.2) is 55.3 Å². The van der Waals surface area contributed by atoms with Gasteiger partial charge in [0.1, 0.15) is 12.0 Å². The molecule has 0 atom stereocenters. The van der Waals surface area contributed by atoms with Gasteiger partial charge in [-0.25, -0.2) is 0 Å². The van der Waals surface area contributed by atoms with E-state index in [0.717, 1.165) is 36.7 Å². The van der Waals surface area contributed by atoms with Crippen LogP contribution < -0.4 is 19.6 Å². The average molecular weight is 386 g/mol. The summed E-state index contributed by atoms with van der Waals surface area (Å²) in [5.41, 5.74) is 0.864. The molecule has 1 aromatic heterocycles. The second-order valence-corrected chi connectivity index (χ2v) is 6.85. The van der Waals surface area contributed by atoms with Gasteiger partial charge >= 0.3 is 0 Å². The van der Waals surface area contributed by atoms with E-state index in [9.17, 15) is 9.59 Å². The van der Waals surface area contributed by atoms with Crippen LogP contribution in [0.5, 0.6) is 17.2 Å². The lowest BCUT2D eigenvalue weighted by molar-refractivity contribution is -0.135. The molecule has 148 valence electrons. The number of nitrogens with zero attached hydrogens (tertiary/aromatic N) is 2. The number of rotatable bonds is 5. The number of carbonyl (C=O) groups excluding carboxylic acids is 1. The number of ether oxygens (including phenoxy) is 3. The number of hydrogen-bond donors (Lipinski definition) is 0. The zero-order chi connectivity index (χ0) is 19.5. The summed E-state index contributed by atoms with van der Waals surface area (Å²) < 4.78 is 21.2. The molecule has 0 bridgehead atoms. The Morgan fingerprint density at radius 1 is 1.11 bits per heavy atom. The van der Waals surface area contributed by atoms with Crippen molar-refractivity contribution in [3.05, 3.63) is 52.1 Å². The van der Waals surface area contributed by atoms with E-state index in [1.54, 1.807) is 11.8 Å². The van der Waals surface area contributed by atoms with Crippen LogP contribution in [0, 0.1) is 6.92 Å². The minimum atomic E-state index is -0.287. The summed E-state index contributed by atoms with van der Waals surface area (Å²) in [4.78, 5) is 28.2. The Labute approximate surface area is 162 Å². The molecule has 2 aliphatic rings. The first-order valence-electron chi connectivity index (χ1n) is 9.19. The van der Waals surface area contributed by atoms with Gasteiger partial charge in [0, 0.05) is 38.8 Å². The molecule has 28 heavy (non-hydrogen) atoms. The Hall–Kier alpha value is -3.00. The van der Waals surface area contributed by atoms with E-state index >= 15 is 0 Å². The van der Waals surface area contributed by atoms with Crippen molar-refractivity contribution in [2.24, 2.45) is 0 Å². The van der Waals surface area contributed by atoms with Crippen LogP contribution in [0.2, 0.25) is 0 Å². The van der Waals surface area contributed by atoms with Crippen molar-refractivity contribution in [2.75, 3.05) is 39.6 Å². The lowest BCUT2D eigenvalue weighted by Gasteiger charge is -2.34. The summed E-state index contributed by atoms with van der Waals surface area (Å²) in [5.74, 6) is 1.98. The summed E-state index contributed by atoms with van der Waals surface area (Å²) in [6, 6.07) is 7.30. The van der Waals surface area contributed by atoms with Crippen molar-refractivity contribution >= 4 is 5.91 Å². The maximum atomic E-state index is 12.4. The quantitative estimate of drug-likeness (QED) is 0.768. The van der Waals surface area contributed by atoms with Crippen molar-refractivity contribution in [1.82, 2.24) is 9.80 Å². The Morgan fingerprint density at radius 3 is 2.68 bits per heavy atom. The standard InChI is InChI=1S/C20H22N2O6/c1-14-8-16(23)19(11-25-14)26-12-20(24)22-6-4-21(5-7-22)10-15-2-3-17-18(9-15)28-13-27-17/h2-3,8-9,11H,4-7,10,12-13H2,1H3. The highest BCUT2D eigenvalue weighted by molar-refractivity contribution is 5.77. The summed E-state index contributed by atoms with van der Waals surface area (Å²) in [6.07, 6.45) is 1.24. The van der Waals surface area contributed by atoms with E-state index in [2.05, 4.69) is 4.90 Å². The zero-order valence-corrected chi connectivity index (χ0v) is 15.7. The van der Waals surface area contributed by atoms with Crippen LogP contribution >= 0.6 is 0 Å². The van der Waals surface area contributed by atoms with E-state index in [1.165, 1.54) is 12.3 Å². The SMILES string of the molecule is Cc1cc(=O)c(OCC(=O)N2CCN(Cc3ccc4c(c3)OCO4)CC2)co1. The van der Waals surface area contributed by atoms with Gasteiger partial charge < -0.3 is 23.5 Å². The topological polar surface area (TPSA) is 81.5 Å². The first-order valence-corrected chi connectivity index (χ1v) is 9.19. The Kier molecular flexibility index (Phi) is 5.21. The third-order valence-electron chi connectivity index (χ3n) is 4.85. The largest absolute Gasteiger partial charge is 0.477 e. The van der Waals surface area contributed by atoms with Gasteiger partial charge in [-0.2, -0.15) is 0 Å². The van der Waals surface area contributed by atoms with Gasteiger partial charge in [0.05, 0.1) is 0 Å². The molecule has 0 unspecified atom stereocenters. The maximum absolute atomic E-state index is 12.4. The Morgan fingerprint density at radius 2 is 1.89 bits per heavy atom. The smallest absolute Gasteiger partial charge is 0.260 e. The van der Waals surface area contributed by atoms with Crippen molar-refractivity contribution in [1.29, 1.82) is 0 Å². The molecule has 0 saturated carbocycles.